The van der Waals surface area contributed by atoms with Crippen LogP contribution in [0.15, 0.2) is 83.3 Å². The number of nitrogens with zero attached hydrogens (tertiary/aromatic N) is 3. The number of nitrogens with one attached hydrogen (secondary N) is 1. The summed E-state index contributed by atoms with van der Waals surface area (Å²) in [5.74, 6) is 7.12. The monoisotopic (exact) mass is 449 g/mol. The lowest BCUT2D eigenvalue weighted by Gasteiger charge is -2.18. The van der Waals surface area contributed by atoms with Crippen LogP contribution in [0.2, 0.25) is 0 Å². The Morgan fingerprint density at radius 3 is 2.29 bits per heavy atom. The highest BCUT2D eigenvalue weighted by atomic mass is 32.2. The molecular weight excluding hydrogens is 426 g/mol. The Morgan fingerprint density at radius 1 is 1.00 bits per heavy atom. The maximum atomic E-state index is 12.4. The van der Waals surface area contributed by atoms with E-state index in [9.17, 15) is 4.79 Å². The van der Waals surface area contributed by atoms with Gasteiger partial charge in [0.05, 0.1) is 10.6 Å². The molecule has 6 nitrogen and oxygen atoms in total. The van der Waals surface area contributed by atoms with Crippen molar-refractivity contribution in [3.63, 3.8) is 0 Å². The Kier molecular flexibility index (Phi) is 7.01. The molecule has 0 aliphatic carbocycles. The zero-order valence-electron chi connectivity index (χ0n) is 16.8. The van der Waals surface area contributed by atoms with E-state index >= 15 is 0 Å². The molecule has 158 valence electrons. The molecule has 3 N–H and O–H groups in total. The van der Waals surface area contributed by atoms with Crippen molar-refractivity contribution in [2.45, 2.75) is 17.5 Å². The van der Waals surface area contributed by atoms with E-state index in [-0.39, 0.29) is 17.6 Å². The van der Waals surface area contributed by atoms with Crippen LogP contribution in [0.4, 0.5) is 0 Å². The first kappa shape index (κ1) is 21.1. The fraction of sp³-hybridized carbons (Fsp3) is 0.174. The molecule has 0 saturated heterocycles. The Hall–Kier alpha value is -3.10. The Labute approximate surface area is 189 Å². The number of carbonyl (C=O) groups is 1. The summed E-state index contributed by atoms with van der Waals surface area (Å²) in [5.41, 5.74) is 2.49. The summed E-state index contributed by atoms with van der Waals surface area (Å²) in [5, 5.41) is 13.7. The molecule has 0 saturated carbocycles. The van der Waals surface area contributed by atoms with Crippen LogP contribution in [-0.2, 0) is 4.79 Å². The van der Waals surface area contributed by atoms with Gasteiger partial charge in [0.2, 0.25) is 11.1 Å². The standard InChI is InChI=1S/C23H23N5OS2/c24-28-22(20-12-7-15-30-20)26-27-23(28)31-16-21(29)25-14-13-19(17-8-3-1-4-9-17)18-10-5-2-6-11-18/h1-12,15,19H,13-14,16,24H2,(H,25,29). The zero-order valence-corrected chi connectivity index (χ0v) is 18.5. The highest BCUT2D eigenvalue weighted by Gasteiger charge is 2.16. The largest absolute Gasteiger partial charge is 0.355 e. The fourth-order valence-corrected chi connectivity index (χ4v) is 4.77. The normalized spacial score (nSPS) is 11.0. The van der Waals surface area contributed by atoms with Crippen LogP contribution in [-0.4, -0.2) is 33.1 Å². The van der Waals surface area contributed by atoms with Gasteiger partial charge in [-0.05, 0) is 29.0 Å². The van der Waals surface area contributed by atoms with Crippen LogP contribution < -0.4 is 11.2 Å². The van der Waals surface area contributed by atoms with Gasteiger partial charge in [-0.3, -0.25) is 4.79 Å². The summed E-state index contributed by atoms with van der Waals surface area (Å²) in [6, 6.07) is 24.6. The van der Waals surface area contributed by atoms with Gasteiger partial charge in [0.25, 0.3) is 0 Å². The van der Waals surface area contributed by atoms with Crippen molar-refractivity contribution in [1.82, 2.24) is 20.2 Å². The molecule has 8 heteroatoms. The van der Waals surface area contributed by atoms with E-state index in [0.717, 1.165) is 11.3 Å². The summed E-state index contributed by atoms with van der Waals surface area (Å²) in [4.78, 5) is 13.3. The van der Waals surface area contributed by atoms with E-state index in [2.05, 4.69) is 39.8 Å². The molecule has 2 aromatic carbocycles. The van der Waals surface area contributed by atoms with Gasteiger partial charge in [0, 0.05) is 12.5 Å². The molecule has 1 amide bonds. The van der Waals surface area contributed by atoms with E-state index in [1.807, 2.05) is 53.9 Å². The number of thiophene rings is 1. The van der Waals surface area contributed by atoms with Crippen LogP contribution >= 0.6 is 23.1 Å². The van der Waals surface area contributed by atoms with Gasteiger partial charge in [0.15, 0.2) is 5.82 Å². The molecule has 0 unspecified atom stereocenters. The number of thioether (sulfide) groups is 1. The topological polar surface area (TPSA) is 85.8 Å². The zero-order chi connectivity index (χ0) is 21.5. The van der Waals surface area contributed by atoms with Gasteiger partial charge in [-0.25, -0.2) is 4.68 Å². The predicted octanol–water partition coefficient (Wildman–Crippen LogP) is 4.15. The summed E-state index contributed by atoms with van der Waals surface area (Å²) in [6.45, 7) is 0.587. The molecule has 2 heterocycles. The molecule has 4 rings (SSSR count). The first-order valence-electron chi connectivity index (χ1n) is 9.96. The number of nitrogens with two attached hydrogens (primary N) is 1. The molecular formula is C23H23N5OS2. The van der Waals surface area contributed by atoms with Gasteiger partial charge in [0.1, 0.15) is 0 Å². The maximum Gasteiger partial charge on any atom is 0.230 e. The van der Waals surface area contributed by atoms with Crippen molar-refractivity contribution in [3.05, 3.63) is 89.3 Å². The molecule has 0 atom stereocenters. The lowest BCUT2D eigenvalue weighted by atomic mass is 9.88. The molecule has 0 aliphatic heterocycles. The number of rotatable bonds is 9. The van der Waals surface area contributed by atoms with Crippen molar-refractivity contribution in [3.8, 4) is 10.7 Å². The minimum absolute atomic E-state index is 0.0504. The minimum atomic E-state index is -0.0504. The van der Waals surface area contributed by atoms with Crippen molar-refractivity contribution in [1.29, 1.82) is 0 Å². The third kappa shape index (κ3) is 5.34. The number of hydrogen-bond acceptors (Lipinski definition) is 6. The summed E-state index contributed by atoms with van der Waals surface area (Å²) < 4.78 is 1.44. The Balaban J connectivity index is 1.31. The van der Waals surface area contributed by atoms with Crippen molar-refractivity contribution in [2.24, 2.45) is 0 Å². The van der Waals surface area contributed by atoms with Crippen LogP contribution in [0.1, 0.15) is 23.5 Å². The molecule has 0 radical (unpaired) electrons. The number of nitrogen functional groups attached to an aromatic ring is 1. The molecule has 0 aliphatic rings. The first-order chi connectivity index (χ1) is 15.2. The van der Waals surface area contributed by atoms with E-state index in [1.165, 1.54) is 27.6 Å². The van der Waals surface area contributed by atoms with Crippen LogP contribution in [0.3, 0.4) is 0 Å². The Morgan fingerprint density at radius 2 is 1.68 bits per heavy atom. The smallest absolute Gasteiger partial charge is 0.230 e. The molecule has 31 heavy (non-hydrogen) atoms. The lowest BCUT2D eigenvalue weighted by molar-refractivity contribution is -0.118. The summed E-state index contributed by atoms with van der Waals surface area (Å²) in [6.07, 6.45) is 0.819. The third-order valence-electron chi connectivity index (χ3n) is 4.90. The molecule has 0 fully saturated rings. The molecule has 4 aromatic rings. The van der Waals surface area contributed by atoms with Gasteiger partial charge in [-0.1, -0.05) is 78.5 Å². The SMILES string of the molecule is Nn1c(SCC(=O)NCCC(c2ccccc2)c2ccccc2)nnc1-c1cccs1. The van der Waals surface area contributed by atoms with Crippen LogP contribution in [0, 0.1) is 0 Å². The van der Waals surface area contributed by atoms with Gasteiger partial charge in [-0.15, -0.1) is 21.5 Å². The number of amides is 1. The highest BCUT2D eigenvalue weighted by Crippen LogP contribution is 2.28. The minimum Gasteiger partial charge on any atom is -0.355 e. The molecule has 0 bridgehead atoms. The Bertz CT molecular complexity index is 1060. The average molecular weight is 450 g/mol. The lowest BCUT2D eigenvalue weighted by Crippen LogP contribution is -2.27. The third-order valence-corrected chi connectivity index (χ3v) is 6.71. The van der Waals surface area contributed by atoms with E-state index in [1.54, 1.807) is 11.3 Å². The highest BCUT2D eigenvalue weighted by molar-refractivity contribution is 7.99. The van der Waals surface area contributed by atoms with Gasteiger partial charge < -0.3 is 11.2 Å². The molecule has 2 aromatic heterocycles. The van der Waals surface area contributed by atoms with E-state index in [4.69, 9.17) is 5.84 Å². The predicted molar refractivity (Wildman–Crippen MR) is 127 cm³/mol. The van der Waals surface area contributed by atoms with E-state index < -0.39 is 0 Å². The summed E-state index contributed by atoms with van der Waals surface area (Å²) in [7, 11) is 0. The second kappa shape index (κ2) is 10.3. The van der Waals surface area contributed by atoms with Crippen molar-refractivity contribution < 1.29 is 4.79 Å². The van der Waals surface area contributed by atoms with Gasteiger partial charge in [-0.2, -0.15) is 0 Å². The second-order valence-corrected chi connectivity index (χ2v) is 8.84. The number of hydrogen-bond donors (Lipinski definition) is 2. The number of carbonyl (C=O) groups excluding carboxylic acids is 1. The van der Waals surface area contributed by atoms with Crippen LogP contribution in [0.5, 0.6) is 0 Å². The van der Waals surface area contributed by atoms with Gasteiger partial charge >= 0.3 is 0 Å². The van der Waals surface area contributed by atoms with Crippen molar-refractivity contribution >= 4 is 29.0 Å². The molecule has 0 spiro atoms. The number of aromatic nitrogens is 3. The quantitative estimate of drug-likeness (QED) is 0.296. The number of benzene rings is 2. The van der Waals surface area contributed by atoms with E-state index in [0.29, 0.717) is 17.5 Å². The average Bonchev–Trinajstić information content (AvgIpc) is 3.46. The first-order valence-corrected chi connectivity index (χ1v) is 11.8. The fourth-order valence-electron chi connectivity index (χ4n) is 3.38. The van der Waals surface area contributed by atoms with Crippen LogP contribution in [0.25, 0.3) is 10.7 Å². The van der Waals surface area contributed by atoms with Crippen molar-refractivity contribution in [2.75, 3.05) is 18.1 Å². The second-order valence-electron chi connectivity index (χ2n) is 6.95. The maximum absolute atomic E-state index is 12.4. The summed E-state index contributed by atoms with van der Waals surface area (Å²) >= 11 is 2.83.